The van der Waals surface area contributed by atoms with Crippen molar-refractivity contribution >= 4 is 29.0 Å². The number of anilines is 2. The quantitative estimate of drug-likeness (QED) is 0.840. The lowest BCUT2D eigenvalue weighted by Crippen LogP contribution is -2.14. The van der Waals surface area contributed by atoms with E-state index >= 15 is 0 Å². The molecule has 0 aliphatic carbocycles. The molecule has 20 heavy (non-hydrogen) atoms. The minimum atomic E-state index is -0.127. The number of carbonyl (C=O) groups excluding carboxylic acids is 1. The molecule has 0 spiro atoms. The minimum absolute atomic E-state index is 0.127. The smallest absolute Gasteiger partial charge is 0.234 e. The third-order valence-electron chi connectivity index (χ3n) is 2.41. The summed E-state index contributed by atoms with van der Waals surface area (Å²) in [6.45, 7) is 0. The van der Waals surface area contributed by atoms with Crippen LogP contribution in [0, 0.1) is 11.3 Å². The topological polar surface area (TPSA) is 91.8 Å². The maximum Gasteiger partial charge on any atom is 0.234 e. The molecule has 1 amide bonds. The Labute approximate surface area is 120 Å². The van der Waals surface area contributed by atoms with E-state index in [1.165, 1.54) is 11.8 Å². The third-order valence-corrected chi connectivity index (χ3v) is 3.35. The van der Waals surface area contributed by atoms with Crippen LogP contribution in [0.1, 0.15) is 5.56 Å². The van der Waals surface area contributed by atoms with Gasteiger partial charge < -0.3 is 11.1 Å². The Bertz CT molecular complexity index is 632. The highest BCUT2D eigenvalue weighted by Crippen LogP contribution is 2.16. The van der Waals surface area contributed by atoms with Crippen LogP contribution in [0.15, 0.2) is 47.6 Å². The molecule has 0 saturated heterocycles. The molecule has 0 aliphatic rings. The minimum Gasteiger partial charge on any atom is -0.397 e. The zero-order chi connectivity index (χ0) is 14.4. The van der Waals surface area contributed by atoms with Gasteiger partial charge in [-0.05, 0) is 36.4 Å². The van der Waals surface area contributed by atoms with E-state index in [4.69, 9.17) is 11.0 Å². The van der Waals surface area contributed by atoms with Gasteiger partial charge in [0, 0.05) is 5.69 Å². The van der Waals surface area contributed by atoms with Gasteiger partial charge in [0.05, 0.1) is 34.3 Å². The highest BCUT2D eigenvalue weighted by Gasteiger charge is 2.04. The normalized spacial score (nSPS) is 9.75. The summed E-state index contributed by atoms with van der Waals surface area (Å²) in [6, 6.07) is 12.2. The monoisotopic (exact) mass is 284 g/mol. The van der Waals surface area contributed by atoms with E-state index in [9.17, 15) is 4.79 Å². The molecule has 0 bridgehead atoms. The van der Waals surface area contributed by atoms with Gasteiger partial charge in [-0.3, -0.25) is 4.79 Å². The van der Waals surface area contributed by atoms with E-state index in [0.29, 0.717) is 16.9 Å². The van der Waals surface area contributed by atoms with Crippen molar-refractivity contribution in [3.63, 3.8) is 0 Å². The second-order valence-corrected chi connectivity index (χ2v) is 4.95. The summed E-state index contributed by atoms with van der Waals surface area (Å²) in [5.74, 6) is 0.134. The van der Waals surface area contributed by atoms with Crippen LogP contribution in [-0.4, -0.2) is 16.6 Å². The summed E-state index contributed by atoms with van der Waals surface area (Å²) in [6.07, 6.45) is 1.56. The number of benzene rings is 1. The lowest BCUT2D eigenvalue weighted by molar-refractivity contribution is -0.113. The van der Waals surface area contributed by atoms with Crippen molar-refractivity contribution in [2.45, 2.75) is 5.03 Å². The predicted octanol–water partition coefficient (Wildman–Crippen LogP) is 2.27. The summed E-state index contributed by atoms with van der Waals surface area (Å²) in [7, 11) is 0. The largest absolute Gasteiger partial charge is 0.397 e. The van der Waals surface area contributed by atoms with Crippen LogP contribution in [0.3, 0.4) is 0 Å². The lowest BCUT2D eigenvalue weighted by Gasteiger charge is -2.05. The molecule has 100 valence electrons. The van der Waals surface area contributed by atoms with E-state index in [-0.39, 0.29) is 11.7 Å². The molecule has 0 atom stereocenters. The van der Waals surface area contributed by atoms with E-state index in [2.05, 4.69) is 10.3 Å². The van der Waals surface area contributed by atoms with Crippen LogP contribution in [0.2, 0.25) is 0 Å². The average molecular weight is 284 g/mol. The number of hydrogen-bond acceptors (Lipinski definition) is 5. The molecule has 1 aromatic carbocycles. The number of nitrogens with two attached hydrogens (primary N) is 1. The zero-order valence-corrected chi connectivity index (χ0v) is 11.4. The second-order valence-electron chi connectivity index (χ2n) is 3.96. The Balaban J connectivity index is 1.86. The average Bonchev–Trinajstić information content (AvgIpc) is 2.47. The number of thioether (sulfide) groups is 1. The van der Waals surface area contributed by atoms with E-state index in [0.717, 1.165) is 5.03 Å². The van der Waals surface area contributed by atoms with Crippen molar-refractivity contribution in [2.75, 3.05) is 16.8 Å². The molecule has 0 radical (unpaired) electrons. The zero-order valence-electron chi connectivity index (χ0n) is 10.5. The van der Waals surface area contributed by atoms with Gasteiger partial charge in [-0.25, -0.2) is 4.98 Å². The Hall–Kier alpha value is -2.52. The van der Waals surface area contributed by atoms with Crippen molar-refractivity contribution in [1.29, 1.82) is 5.26 Å². The Morgan fingerprint density at radius 2 is 2.05 bits per heavy atom. The first-order valence-corrected chi connectivity index (χ1v) is 6.80. The SMILES string of the molecule is N#Cc1ccc(NC(=O)CSc2ccc(N)cn2)cc1. The summed E-state index contributed by atoms with van der Waals surface area (Å²) in [5, 5.41) is 12.2. The van der Waals surface area contributed by atoms with E-state index in [1.807, 2.05) is 6.07 Å². The predicted molar refractivity (Wildman–Crippen MR) is 79.2 cm³/mol. The van der Waals surface area contributed by atoms with Crippen molar-refractivity contribution in [3.8, 4) is 6.07 Å². The molecule has 1 aromatic heterocycles. The Morgan fingerprint density at radius 1 is 1.30 bits per heavy atom. The molecule has 5 nitrogen and oxygen atoms in total. The highest BCUT2D eigenvalue weighted by molar-refractivity contribution is 7.99. The second kappa shape index (κ2) is 6.59. The number of aromatic nitrogens is 1. The summed E-state index contributed by atoms with van der Waals surface area (Å²) in [5.41, 5.74) is 7.35. The molecule has 1 heterocycles. The molecular weight excluding hydrogens is 272 g/mol. The van der Waals surface area contributed by atoms with Gasteiger partial charge >= 0.3 is 0 Å². The van der Waals surface area contributed by atoms with Gasteiger partial charge in [0.25, 0.3) is 0 Å². The number of nitrogen functional groups attached to an aromatic ring is 1. The molecule has 0 unspecified atom stereocenters. The van der Waals surface area contributed by atoms with Gasteiger partial charge in [-0.2, -0.15) is 5.26 Å². The van der Waals surface area contributed by atoms with Crippen LogP contribution in [0.4, 0.5) is 11.4 Å². The van der Waals surface area contributed by atoms with Gasteiger partial charge in [0.2, 0.25) is 5.91 Å². The van der Waals surface area contributed by atoms with Gasteiger partial charge in [-0.1, -0.05) is 11.8 Å². The molecule has 2 aromatic rings. The molecule has 0 aliphatic heterocycles. The van der Waals surface area contributed by atoms with Crippen LogP contribution in [0.25, 0.3) is 0 Å². The van der Waals surface area contributed by atoms with Crippen LogP contribution < -0.4 is 11.1 Å². The highest BCUT2D eigenvalue weighted by atomic mass is 32.2. The number of carbonyl (C=O) groups is 1. The summed E-state index contributed by atoms with van der Waals surface area (Å²) in [4.78, 5) is 15.9. The molecule has 2 rings (SSSR count). The number of amides is 1. The molecule has 6 heteroatoms. The number of pyridine rings is 1. The summed E-state index contributed by atoms with van der Waals surface area (Å²) >= 11 is 1.33. The van der Waals surface area contributed by atoms with Gasteiger partial charge in [0.15, 0.2) is 0 Å². The first kappa shape index (κ1) is 13.9. The number of nitrogens with one attached hydrogen (secondary N) is 1. The fourth-order valence-electron chi connectivity index (χ4n) is 1.44. The van der Waals surface area contributed by atoms with Gasteiger partial charge in [-0.15, -0.1) is 0 Å². The number of nitriles is 1. The van der Waals surface area contributed by atoms with Crippen molar-refractivity contribution < 1.29 is 4.79 Å². The first-order chi connectivity index (χ1) is 9.67. The Kier molecular flexibility index (Phi) is 4.58. The molecule has 3 N–H and O–H groups in total. The van der Waals surface area contributed by atoms with E-state index in [1.54, 1.807) is 42.6 Å². The number of nitrogens with zero attached hydrogens (tertiary/aromatic N) is 2. The van der Waals surface area contributed by atoms with Crippen LogP contribution >= 0.6 is 11.8 Å². The molecular formula is C14H12N4OS. The van der Waals surface area contributed by atoms with Crippen molar-refractivity contribution in [2.24, 2.45) is 0 Å². The van der Waals surface area contributed by atoms with Crippen LogP contribution in [-0.2, 0) is 4.79 Å². The first-order valence-electron chi connectivity index (χ1n) is 5.82. The van der Waals surface area contributed by atoms with E-state index < -0.39 is 0 Å². The molecule has 0 saturated carbocycles. The third kappa shape index (κ3) is 4.00. The number of rotatable bonds is 4. The number of hydrogen-bond donors (Lipinski definition) is 2. The Morgan fingerprint density at radius 3 is 2.65 bits per heavy atom. The maximum absolute atomic E-state index is 11.8. The fraction of sp³-hybridized carbons (Fsp3) is 0.0714. The van der Waals surface area contributed by atoms with Gasteiger partial charge in [0.1, 0.15) is 0 Å². The maximum atomic E-state index is 11.8. The fourth-order valence-corrected chi connectivity index (χ4v) is 2.08. The standard InChI is InChI=1S/C14H12N4OS/c15-7-10-1-4-12(5-2-10)18-13(19)9-20-14-6-3-11(16)8-17-14/h1-6,8H,9,16H2,(H,18,19). The lowest BCUT2D eigenvalue weighted by atomic mass is 10.2. The summed E-state index contributed by atoms with van der Waals surface area (Å²) < 4.78 is 0. The molecule has 0 fully saturated rings. The van der Waals surface area contributed by atoms with Crippen molar-refractivity contribution in [1.82, 2.24) is 4.98 Å². The van der Waals surface area contributed by atoms with Crippen molar-refractivity contribution in [3.05, 3.63) is 48.2 Å². The van der Waals surface area contributed by atoms with Crippen LogP contribution in [0.5, 0.6) is 0 Å².